The summed E-state index contributed by atoms with van der Waals surface area (Å²) in [7, 11) is 0. The number of morpholine rings is 1. The first-order valence-electron chi connectivity index (χ1n) is 8.19. The van der Waals surface area contributed by atoms with Gasteiger partial charge < -0.3 is 9.64 Å². The van der Waals surface area contributed by atoms with Crippen molar-refractivity contribution >= 4 is 5.91 Å². The van der Waals surface area contributed by atoms with Gasteiger partial charge in [-0.1, -0.05) is 54.6 Å². The van der Waals surface area contributed by atoms with Gasteiger partial charge in [0.1, 0.15) is 0 Å². The first-order valence-corrected chi connectivity index (χ1v) is 8.19. The van der Waals surface area contributed by atoms with E-state index in [0.717, 1.165) is 5.56 Å². The fraction of sp³-hybridized carbons (Fsp3) is 0.350. The molecule has 2 aromatic rings. The summed E-state index contributed by atoms with van der Waals surface area (Å²) in [5.74, 6) is 0.180. The molecule has 3 heteroatoms. The molecule has 0 spiro atoms. The zero-order valence-electron chi connectivity index (χ0n) is 13.7. The molecular weight excluding hydrogens is 286 g/mol. The Morgan fingerprint density at radius 2 is 1.52 bits per heavy atom. The lowest BCUT2D eigenvalue weighted by molar-refractivity contribution is -0.142. The van der Waals surface area contributed by atoms with E-state index in [9.17, 15) is 4.79 Å². The number of rotatable bonds is 3. The summed E-state index contributed by atoms with van der Waals surface area (Å²) < 4.78 is 5.69. The molecule has 0 saturated carbocycles. The highest BCUT2D eigenvalue weighted by atomic mass is 16.5. The van der Waals surface area contributed by atoms with Crippen molar-refractivity contribution in [1.29, 1.82) is 0 Å². The molecule has 3 nitrogen and oxygen atoms in total. The van der Waals surface area contributed by atoms with Gasteiger partial charge in [0.15, 0.2) is 0 Å². The molecule has 0 N–H and O–H groups in total. The van der Waals surface area contributed by atoms with Crippen LogP contribution in [0.2, 0.25) is 0 Å². The van der Waals surface area contributed by atoms with E-state index in [2.05, 4.69) is 24.3 Å². The number of carbonyl (C=O) groups is 1. The average Bonchev–Trinajstić information content (AvgIpc) is 2.55. The molecule has 23 heavy (non-hydrogen) atoms. The summed E-state index contributed by atoms with van der Waals surface area (Å²) in [6.45, 7) is 5.41. The molecule has 0 radical (unpaired) electrons. The van der Waals surface area contributed by atoms with Crippen LogP contribution in [0.5, 0.6) is 0 Å². The van der Waals surface area contributed by atoms with E-state index in [0.29, 0.717) is 19.5 Å². The van der Waals surface area contributed by atoms with Crippen molar-refractivity contribution in [2.45, 2.75) is 32.5 Å². The highest BCUT2D eigenvalue weighted by molar-refractivity contribution is 5.79. The fourth-order valence-corrected chi connectivity index (χ4v) is 3.11. The quantitative estimate of drug-likeness (QED) is 0.868. The normalized spacial score (nSPS) is 21.2. The summed E-state index contributed by atoms with van der Waals surface area (Å²) in [5.41, 5.74) is 3.43. The van der Waals surface area contributed by atoms with Gasteiger partial charge in [-0.25, -0.2) is 0 Å². The number of hydrogen-bond acceptors (Lipinski definition) is 2. The van der Waals surface area contributed by atoms with Crippen molar-refractivity contribution in [3.05, 3.63) is 60.2 Å². The third-order valence-electron chi connectivity index (χ3n) is 4.19. The van der Waals surface area contributed by atoms with Gasteiger partial charge in [-0.2, -0.15) is 0 Å². The highest BCUT2D eigenvalue weighted by Gasteiger charge is 2.25. The lowest BCUT2D eigenvalue weighted by Crippen LogP contribution is -2.48. The highest BCUT2D eigenvalue weighted by Crippen LogP contribution is 2.20. The van der Waals surface area contributed by atoms with Crippen LogP contribution in [-0.4, -0.2) is 36.1 Å². The number of nitrogens with zero attached hydrogens (tertiary/aromatic N) is 1. The minimum absolute atomic E-state index is 0.114. The van der Waals surface area contributed by atoms with Crippen molar-refractivity contribution in [2.75, 3.05) is 13.1 Å². The predicted molar refractivity (Wildman–Crippen MR) is 92.2 cm³/mol. The van der Waals surface area contributed by atoms with E-state index in [-0.39, 0.29) is 18.1 Å². The van der Waals surface area contributed by atoms with Gasteiger partial charge >= 0.3 is 0 Å². The minimum Gasteiger partial charge on any atom is -0.372 e. The molecule has 1 heterocycles. The van der Waals surface area contributed by atoms with Gasteiger partial charge in [0.25, 0.3) is 0 Å². The maximum absolute atomic E-state index is 12.5. The molecule has 2 aromatic carbocycles. The molecule has 120 valence electrons. The molecule has 3 rings (SSSR count). The molecule has 0 unspecified atom stereocenters. The van der Waals surface area contributed by atoms with Crippen molar-refractivity contribution in [3.63, 3.8) is 0 Å². The Hall–Kier alpha value is -2.13. The van der Waals surface area contributed by atoms with Crippen LogP contribution in [0.4, 0.5) is 0 Å². The molecule has 2 atom stereocenters. The van der Waals surface area contributed by atoms with Crippen molar-refractivity contribution in [3.8, 4) is 11.1 Å². The number of carbonyl (C=O) groups excluding carboxylic acids is 1. The Morgan fingerprint density at radius 3 is 2.13 bits per heavy atom. The molecule has 1 aliphatic rings. The largest absolute Gasteiger partial charge is 0.372 e. The number of hydrogen-bond donors (Lipinski definition) is 0. The lowest BCUT2D eigenvalue weighted by Gasteiger charge is -2.35. The summed E-state index contributed by atoms with van der Waals surface area (Å²) in [5, 5.41) is 0. The van der Waals surface area contributed by atoms with Crippen LogP contribution in [0, 0.1) is 0 Å². The second-order valence-electron chi connectivity index (χ2n) is 6.30. The summed E-state index contributed by atoms with van der Waals surface area (Å²) in [6.07, 6.45) is 0.681. The van der Waals surface area contributed by atoms with Crippen LogP contribution in [0.1, 0.15) is 19.4 Å². The zero-order valence-corrected chi connectivity index (χ0v) is 13.7. The molecule has 1 aliphatic heterocycles. The standard InChI is InChI=1S/C20H23NO2/c1-15-13-21(14-16(2)23-15)20(22)12-17-8-10-19(11-9-17)18-6-4-3-5-7-18/h3-11,15-16H,12-14H2,1-2H3/t15-,16-/m0/s1. The lowest BCUT2D eigenvalue weighted by atomic mass is 10.0. The van der Waals surface area contributed by atoms with E-state index >= 15 is 0 Å². The van der Waals surface area contributed by atoms with Crippen LogP contribution < -0.4 is 0 Å². The Kier molecular flexibility index (Phi) is 4.77. The van der Waals surface area contributed by atoms with Crippen LogP contribution in [0.25, 0.3) is 11.1 Å². The van der Waals surface area contributed by atoms with Crippen LogP contribution in [0.15, 0.2) is 54.6 Å². The molecular formula is C20H23NO2. The number of ether oxygens (including phenoxy) is 1. The number of amides is 1. The van der Waals surface area contributed by atoms with Gasteiger partial charge in [0.05, 0.1) is 18.6 Å². The molecule has 0 aromatic heterocycles. The SMILES string of the molecule is C[C@H]1CN(C(=O)Cc2ccc(-c3ccccc3)cc2)C[C@H](C)O1. The minimum atomic E-state index is 0.114. The van der Waals surface area contributed by atoms with E-state index in [4.69, 9.17) is 4.74 Å². The Balaban J connectivity index is 1.65. The first-order chi connectivity index (χ1) is 11.1. The third kappa shape index (κ3) is 3.99. The fourth-order valence-electron chi connectivity index (χ4n) is 3.11. The first kappa shape index (κ1) is 15.8. The Labute approximate surface area is 137 Å². The van der Waals surface area contributed by atoms with Gasteiger partial charge in [0, 0.05) is 13.1 Å². The van der Waals surface area contributed by atoms with Gasteiger partial charge in [-0.15, -0.1) is 0 Å². The van der Waals surface area contributed by atoms with Crippen molar-refractivity contribution in [2.24, 2.45) is 0 Å². The van der Waals surface area contributed by atoms with Crippen LogP contribution in [-0.2, 0) is 16.0 Å². The molecule has 1 saturated heterocycles. The van der Waals surface area contributed by atoms with E-state index in [1.807, 2.05) is 49.1 Å². The zero-order chi connectivity index (χ0) is 16.2. The Bertz CT molecular complexity index is 641. The van der Waals surface area contributed by atoms with Gasteiger partial charge in [-0.05, 0) is 30.5 Å². The molecule has 0 aliphatic carbocycles. The average molecular weight is 309 g/mol. The smallest absolute Gasteiger partial charge is 0.227 e. The summed E-state index contributed by atoms with van der Waals surface area (Å²) in [6, 6.07) is 18.5. The second kappa shape index (κ2) is 6.97. The summed E-state index contributed by atoms with van der Waals surface area (Å²) in [4.78, 5) is 14.4. The van der Waals surface area contributed by atoms with Gasteiger partial charge in [-0.3, -0.25) is 4.79 Å². The van der Waals surface area contributed by atoms with E-state index in [1.54, 1.807) is 0 Å². The Morgan fingerprint density at radius 1 is 0.957 bits per heavy atom. The summed E-state index contributed by atoms with van der Waals surface area (Å²) >= 11 is 0. The molecule has 1 fully saturated rings. The van der Waals surface area contributed by atoms with Crippen molar-refractivity contribution < 1.29 is 9.53 Å². The molecule has 0 bridgehead atoms. The van der Waals surface area contributed by atoms with Crippen LogP contribution >= 0.6 is 0 Å². The van der Waals surface area contributed by atoms with E-state index in [1.165, 1.54) is 11.1 Å². The molecule has 1 amide bonds. The van der Waals surface area contributed by atoms with Crippen LogP contribution in [0.3, 0.4) is 0 Å². The number of benzene rings is 2. The van der Waals surface area contributed by atoms with Crippen molar-refractivity contribution in [1.82, 2.24) is 4.90 Å². The topological polar surface area (TPSA) is 29.5 Å². The predicted octanol–water partition coefficient (Wildman–Crippen LogP) is 3.53. The van der Waals surface area contributed by atoms with E-state index < -0.39 is 0 Å². The second-order valence-corrected chi connectivity index (χ2v) is 6.30. The van der Waals surface area contributed by atoms with Gasteiger partial charge in [0.2, 0.25) is 5.91 Å². The maximum Gasteiger partial charge on any atom is 0.227 e. The third-order valence-corrected chi connectivity index (χ3v) is 4.19. The monoisotopic (exact) mass is 309 g/mol. The maximum atomic E-state index is 12.5.